The van der Waals surface area contributed by atoms with E-state index in [1.54, 1.807) is 7.11 Å². The van der Waals surface area contributed by atoms with Gasteiger partial charge in [-0.2, -0.15) is 0 Å². The van der Waals surface area contributed by atoms with Crippen LogP contribution in [0.2, 0.25) is 0 Å². The van der Waals surface area contributed by atoms with Crippen LogP contribution in [0.4, 0.5) is 0 Å². The third-order valence-electron chi connectivity index (χ3n) is 3.98. The lowest BCUT2D eigenvalue weighted by Crippen LogP contribution is -2.20. The van der Waals surface area contributed by atoms with Gasteiger partial charge in [0.1, 0.15) is 17.3 Å². The molecule has 0 saturated heterocycles. The molecule has 1 unspecified atom stereocenters. The molecule has 0 fully saturated rings. The molecule has 1 aromatic heterocycles. The fourth-order valence-corrected chi connectivity index (χ4v) is 3.21. The van der Waals surface area contributed by atoms with E-state index in [0.29, 0.717) is 0 Å². The number of aryl methyl sites for hydroxylation is 2. The van der Waals surface area contributed by atoms with Crippen molar-refractivity contribution in [2.75, 3.05) is 14.2 Å². The molecule has 0 saturated carbocycles. The average Bonchev–Trinajstić information content (AvgIpc) is 2.70. The lowest BCUT2D eigenvalue weighted by atomic mass is 9.95. The fraction of sp³-hybridized carbons (Fsp3) is 0.412. The lowest BCUT2D eigenvalue weighted by molar-refractivity contribution is 0.406. The maximum absolute atomic E-state index is 5.77. The molecule has 1 heterocycles. The third kappa shape index (κ3) is 3.33. The standard InChI is InChI=1S/C17H22BrNO2/c1-10-11(2)21-12(3)17(10)15(19-4)9-13-8-14(18)6-7-16(13)20-5/h6-8,15,19H,9H2,1-5H3. The van der Waals surface area contributed by atoms with E-state index < -0.39 is 0 Å². The summed E-state index contributed by atoms with van der Waals surface area (Å²) >= 11 is 3.53. The Kier molecular flexibility index (Phi) is 5.12. The molecule has 0 bridgehead atoms. The maximum Gasteiger partial charge on any atom is 0.122 e. The van der Waals surface area contributed by atoms with E-state index in [9.17, 15) is 0 Å². The number of halogens is 1. The molecule has 114 valence electrons. The Morgan fingerprint density at radius 1 is 1.24 bits per heavy atom. The second-order valence-electron chi connectivity index (χ2n) is 5.25. The first kappa shape index (κ1) is 16.1. The van der Waals surface area contributed by atoms with Crippen molar-refractivity contribution in [2.45, 2.75) is 33.2 Å². The molecule has 4 heteroatoms. The van der Waals surface area contributed by atoms with Gasteiger partial charge in [0.05, 0.1) is 7.11 Å². The van der Waals surface area contributed by atoms with Crippen molar-refractivity contribution < 1.29 is 9.15 Å². The molecule has 21 heavy (non-hydrogen) atoms. The summed E-state index contributed by atoms with van der Waals surface area (Å²) in [6, 6.07) is 6.30. The highest BCUT2D eigenvalue weighted by Crippen LogP contribution is 2.32. The molecule has 0 aliphatic heterocycles. The summed E-state index contributed by atoms with van der Waals surface area (Å²) in [4.78, 5) is 0. The van der Waals surface area contributed by atoms with Gasteiger partial charge in [-0.05, 0) is 63.6 Å². The molecule has 0 spiro atoms. The molecule has 1 aromatic carbocycles. The van der Waals surface area contributed by atoms with Gasteiger partial charge < -0.3 is 14.5 Å². The molecule has 0 aliphatic carbocycles. The monoisotopic (exact) mass is 351 g/mol. The van der Waals surface area contributed by atoms with Gasteiger partial charge in [0.2, 0.25) is 0 Å². The van der Waals surface area contributed by atoms with E-state index in [4.69, 9.17) is 9.15 Å². The number of ether oxygens (including phenoxy) is 1. The van der Waals surface area contributed by atoms with E-state index in [2.05, 4.69) is 34.2 Å². The molecule has 0 radical (unpaired) electrons. The fourth-order valence-electron chi connectivity index (χ4n) is 2.80. The van der Waals surface area contributed by atoms with Crippen LogP contribution in [0.3, 0.4) is 0 Å². The van der Waals surface area contributed by atoms with Crippen LogP contribution in [0.1, 0.15) is 34.3 Å². The molecule has 2 rings (SSSR count). The zero-order valence-corrected chi connectivity index (χ0v) is 14.8. The SMILES string of the molecule is CNC(Cc1cc(Br)ccc1OC)c1c(C)oc(C)c1C. The predicted molar refractivity (Wildman–Crippen MR) is 89.1 cm³/mol. The van der Waals surface area contributed by atoms with Crippen LogP contribution in [0.25, 0.3) is 0 Å². The Labute approximate surface area is 134 Å². The van der Waals surface area contributed by atoms with Crippen LogP contribution in [0.15, 0.2) is 27.1 Å². The van der Waals surface area contributed by atoms with E-state index in [0.717, 1.165) is 28.2 Å². The van der Waals surface area contributed by atoms with Crippen LogP contribution >= 0.6 is 15.9 Å². The quantitative estimate of drug-likeness (QED) is 0.862. The largest absolute Gasteiger partial charge is 0.496 e. The Balaban J connectivity index is 2.38. The number of hydrogen-bond donors (Lipinski definition) is 1. The van der Waals surface area contributed by atoms with E-state index in [1.807, 2.05) is 33.0 Å². The summed E-state index contributed by atoms with van der Waals surface area (Å²) < 4.78 is 12.3. The molecule has 0 amide bonds. The average molecular weight is 352 g/mol. The number of methoxy groups -OCH3 is 1. The summed E-state index contributed by atoms with van der Waals surface area (Å²) in [7, 11) is 3.69. The maximum atomic E-state index is 5.77. The van der Waals surface area contributed by atoms with Crippen molar-refractivity contribution in [3.8, 4) is 5.75 Å². The third-order valence-corrected chi connectivity index (χ3v) is 4.47. The highest BCUT2D eigenvalue weighted by atomic mass is 79.9. The summed E-state index contributed by atoms with van der Waals surface area (Å²) in [6.45, 7) is 6.15. The van der Waals surface area contributed by atoms with Gasteiger partial charge in [0, 0.05) is 16.1 Å². The molecule has 1 atom stereocenters. The van der Waals surface area contributed by atoms with Crippen LogP contribution in [-0.2, 0) is 6.42 Å². The summed E-state index contributed by atoms with van der Waals surface area (Å²) in [5.41, 5.74) is 3.64. The highest BCUT2D eigenvalue weighted by Gasteiger charge is 2.21. The van der Waals surface area contributed by atoms with Gasteiger partial charge in [0.15, 0.2) is 0 Å². The first-order valence-corrected chi connectivity index (χ1v) is 7.83. The molecule has 3 nitrogen and oxygen atoms in total. The van der Waals surface area contributed by atoms with Crippen molar-refractivity contribution in [1.82, 2.24) is 5.32 Å². The van der Waals surface area contributed by atoms with Gasteiger partial charge in [-0.25, -0.2) is 0 Å². The Bertz CT molecular complexity index is 634. The minimum atomic E-state index is 0.200. The minimum Gasteiger partial charge on any atom is -0.496 e. The first-order valence-electron chi connectivity index (χ1n) is 7.04. The number of hydrogen-bond acceptors (Lipinski definition) is 3. The van der Waals surface area contributed by atoms with Crippen molar-refractivity contribution in [3.63, 3.8) is 0 Å². The van der Waals surface area contributed by atoms with Crippen LogP contribution in [0.5, 0.6) is 5.75 Å². The van der Waals surface area contributed by atoms with Crippen molar-refractivity contribution in [1.29, 1.82) is 0 Å². The number of nitrogens with one attached hydrogen (secondary N) is 1. The number of likely N-dealkylation sites (N-methyl/N-ethyl adjacent to an activating group) is 1. The second kappa shape index (κ2) is 6.67. The predicted octanol–water partition coefficient (Wildman–Crippen LogP) is 4.48. The summed E-state index contributed by atoms with van der Waals surface area (Å²) in [5, 5.41) is 3.40. The summed E-state index contributed by atoms with van der Waals surface area (Å²) in [5.74, 6) is 2.89. The molecular formula is C17H22BrNO2. The molecular weight excluding hydrogens is 330 g/mol. The Morgan fingerprint density at radius 2 is 1.95 bits per heavy atom. The van der Waals surface area contributed by atoms with Gasteiger partial charge in [-0.1, -0.05) is 15.9 Å². The van der Waals surface area contributed by atoms with E-state index in [1.165, 1.54) is 16.7 Å². The van der Waals surface area contributed by atoms with E-state index in [-0.39, 0.29) is 6.04 Å². The van der Waals surface area contributed by atoms with Gasteiger partial charge >= 0.3 is 0 Å². The van der Waals surface area contributed by atoms with Crippen molar-refractivity contribution in [3.05, 3.63) is 50.9 Å². The smallest absolute Gasteiger partial charge is 0.122 e. The number of rotatable bonds is 5. The topological polar surface area (TPSA) is 34.4 Å². The lowest BCUT2D eigenvalue weighted by Gasteiger charge is -2.19. The highest BCUT2D eigenvalue weighted by molar-refractivity contribution is 9.10. The van der Waals surface area contributed by atoms with Crippen LogP contribution in [0, 0.1) is 20.8 Å². The van der Waals surface area contributed by atoms with Gasteiger partial charge in [-0.3, -0.25) is 0 Å². The van der Waals surface area contributed by atoms with Crippen molar-refractivity contribution in [2.24, 2.45) is 0 Å². The molecule has 0 aliphatic rings. The number of benzene rings is 1. The van der Waals surface area contributed by atoms with Crippen molar-refractivity contribution >= 4 is 15.9 Å². The first-order chi connectivity index (χ1) is 9.97. The summed E-state index contributed by atoms with van der Waals surface area (Å²) in [6.07, 6.45) is 0.847. The molecule has 2 aromatic rings. The van der Waals surface area contributed by atoms with Gasteiger partial charge in [-0.15, -0.1) is 0 Å². The minimum absolute atomic E-state index is 0.200. The van der Waals surface area contributed by atoms with Crippen LogP contribution in [-0.4, -0.2) is 14.2 Å². The Morgan fingerprint density at radius 3 is 2.48 bits per heavy atom. The van der Waals surface area contributed by atoms with E-state index >= 15 is 0 Å². The zero-order valence-electron chi connectivity index (χ0n) is 13.2. The Hall–Kier alpha value is -1.26. The number of furan rings is 1. The molecule has 1 N–H and O–H groups in total. The van der Waals surface area contributed by atoms with Gasteiger partial charge in [0.25, 0.3) is 0 Å². The zero-order chi connectivity index (χ0) is 15.6. The second-order valence-corrected chi connectivity index (χ2v) is 6.17. The van der Waals surface area contributed by atoms with Crippen LogP contribution < -0.4 is 10.1 Å². The normalized spacial score (nSPS) is 12.5.